The molecule has 1 aliphatic heterocycles. The average Bonchev–Trinajstić information content (AvgIpc) is 3.01. The topological polar surface area (TPSA) is 87.8 Å². The lowest BCUT2D eigenvalue weighted by molar-refractivity contribution is -0.122. The van der Waals surface area contributed by atoms with Crippen LogP contribution in [0.1, 0.15) is 23.1 Å². The number of rotatable bonds is 5. The number of methoxy groups -OCH3 is 1. The molecule has 0 amide bonds. The third-order valence-electron chi connectivity index (χ3n) is 3.94. The average molecular weight is 333 g/mol. The monoisotopic (exact) mass is 333 g/mol. The molecule has 1 unspecified atom stereocenters. The van der Waals surface area contributed by atoms with Crippen molar-refractivity contribution in [2.45, 2.75) is 25.7 Å². The zero-order valence-corrected chi connectivity index (χ0v) is 13.7. The number of imidazole rings is 1. The molecule has 2 heterocycles. The van der Waals surface area contributed by atoms with E-state index in [4.69, 9.17) is 14.6 Å². The summed E-state index contributed by atoms with van der Waals surface area (Å²) in [7, 11) is 1.70. The molecule has 7 heteroatoms. The molecule has 0 aliphatic carbocycles. The Kier molecular flexibility index (Phi) is 6.92. The van der Waals surface area contributed by atoms with Gasteiger partial charge in [-0.3, -0.25) is 9.69 Å². The Labute approximate surface area is 141 Å². The molecule has 0 saturated carbocycles. The summed E-state index contributed by atoms with van der Waals surface area (Å²) in [6.45, 7) is 3.47. The highest BCUT2D eigenvalue weighted by Gasteiger charge is 2.24. The third-order valence-corrected chi connectivity index (χ3v) is 3.94. The van der Waals surface area contributed by atoms with Crippen molar-refractivity contribution >= 4 is 6.47 Å². The lowest BCUT2D eigenvalue weighted by Gasteiger charge is -2.31. The van der Waals surface area contributed by atoms with Crippen LogP contribution in [-0.2, 0) is 29.2 Å². The first-order valence-electron chi connectivity index (χ1n) is 7.74. The van der Waals surface area contributed by atoms with E-state index in [2.05, 4.69) is 20.5 Å². The summed E-state index contributed by atoms with van der Waals surface area (Å²) in [5.41, 5.74) is 2.25. The first-order chi connectivity index (χ1) is 11.7. The molecule has 24 heavy (non-hydrogen) atoms. The van der Waals surface area contributed by atoms with Crippen LogP contribution in [0.5, 0.6) is 0 Å². The van der Waals surface area contributed by atoms with Crippen molar-refractivity contribution in [1.82, 2.24) is 14.5 Å². The zero-order valence-electron chi connectivity index (χ0n) is 13.7. The molecule has 0 spiro atoms. The molecule has 1 aromatic carbocycles. The van der Waals surface area contributed by atoms with Crippen LogP contribution in [0.4, 0.5) is 0 Å². The van der Waals surface area contributed by atoms with Gasteiger partial charge in [-0.2, -0.15) is 0 Å². The highest BCUT2D eigenvalue weighted by atomic mass is 16.5. The van der Waals surface area contributed by atoms with E-state index in [1.54, 1.807) is 7.11 Å². The molecule has 2 N–H and O–H groups in total. The molecule has 130 valence electrons. The predicted octanol–water partition coefficient (Wildman–Crippen LogP) is 1.28. The number of hydrogen-bond donors (Lipinski definition) is 2. The van der Waals surface area contributed by atoms with Gasteiger partial charge in [0.15, 0.2) is 0 Å². The molecule has 3 rings (SSSR count). The van der Waals surface area contributed by atoms with Gasteiger partial charge in [-0.15, -0.1) is 0 Å². The highest BCUT2D eigenvalue weighted by Crippen LogP contribution is 2.26. The van der Waals surface area contributed by atoms with E-state index in [1.807, 2.05) is 30.6 Å². The lowest BCUT2D eigenvalue weighted by Crippen LogP contribution is -2.34. The number of β-amino-alcohol motifs (C(OH)–C–C–N with tert-alkyl or cyclic N) is 1. The molecule has 0 radical (unpaired) electrons. The van der Waals surface area contributed by atoms with Crippen LogP contribution < -0.4 is 0 Å². The SMILES string of the molecule is COCCn1ccnc1CN1Cc2ccccc2C(O)C1.O=CO. The summed E-state index contributed by atoms with van der Waals surface area (Å²) in [5, 5.41) is 17.2. The van der Waals surface area contributed by atoms with Gasteiger partial charge in [0, 0.05) is 39.1 Å². The maximum absolute atomic E-state index is 10.3. The van der Waals surface area contributed by atoms with E-state index in [1.165, 1.54) is 5.56 Å². The fourth-order valence-corrected chi connectivity index (χ4v) is 2.86. The van der Waals surface area contributed by atoms with Gasteiger partial charge in [-0.05, 0) is 11.1 Å². The molecule has 1 aromatic heterocycles. The maximum atomic E-state index is 10.3. The number of fused-ring (bicyclic) bond motifs is 1. The minimum absolute atomic E-state index is 0.250. The Morgan fingerprint density at radius 1 is 1.42 bits per heavy atom. The van der Waals surface area contributed by atoms with Crippen LogP contribution in [-0.4, -0.2) is 51.4 Å². The van der Waals surface area contributed by atoms with Gasteiger partial charge in [-0.25, -0.2) is 4.98 Å². The molecule has 7 nitrogen and oxygen atoms in total. The summed E-state index contributed by atoms with van der Waals surface area (Å²) < 4.78 is 7.23. The van der Waals surface area contributed by atoms with Crippen molar-refractivity contribution in [3.8, 4) is 0 Å². The normalized spacial score (nSPS) is 16.8. The number of carbonyl (C=O) groups is 1. The molecule has 0 saturated heterocycles. The predicted molar refractivity (Wildman–Crippen MR) is 88.3 cm³/mol. The molecule has 1 atom stereocenters. The van der Waals surface area contributed by atoms with Gasteiger partial charge in [0.05, 0.1) is 19.3 Å². The molecular weight excluding hydrogens is 310 g/mol. The molecule has 2 aromatic rings. The van der Waals surface area contributed by atoms with Crippen molar-refractivity contribution in [1.29, 1.82) is 0 Å². The van der Waals surface area contributed by atoms with Crippen LogP contribution in [0, 0.1) is 0 Å². The minimum atomic E-state index is -0.419. The number of ether oxygens (including phenoxy) is 1. The second kappa shape index (κ2) is 9.17. The standard InChI is InChI=1S/C16H21N3O2.CH2O2/c1-21-9-8-19-7-6-17-16(19)12-18-10-13-4-2-3-5-14(13)15(20)11-18;2-1-3/h2-7,15,20H,8-12H2,1H3;1H,(H,2,3). The zero-order chi connectivity index (χ0) is 17.4. The van der Waals surface area contributed by atoms with E-state index in [0.717, 1.165) is 31.0 Å². The minimum Gasteiger partial charge on any atom is -0.483 e. The van der Waals surface area contributed by atoms with Gasteiger partial charge in [0.1, 0.15) is 5.82 Å². The number of nitrogens with zero attached hydrogens (tertiary/aromatic N) is 3. The second-order valence-electron chi connectivity index (χ2n) is 5.52. The first kappa shape index (κ1) is 18.1. The maximum Gasteiger partial charge on any atom is 0.290 e. The van der Waals surface area contributed by atoms with Gasteiger partial charge >= 0.3 is 0 Å². The van der Waals surface area contributed by atoms with Crippen LogP contribution in [0.25, 0.3) is 0 Å². The first-order valence-corrected chi connectivity index (χ1v) is 7.74. The lowest BCUT2D eigenvalue weighted by atomic mass is 9.97. The quantitative estimate of drug-likeness (QED) is 0.802. The van der Waals surface area contributed by atoms with E-state index in [-0.39, 0.29) is 6.47 Å². The van der Waals surface area contributed by atoms with Crippen molar-refractivity contribution in [3.63, 3.8) is 0 Å². The fourth-order valence-electron chi connectivity index (χ4n) is 2.86. The Morgan fingerprint density at radius 2 is 2.17 bits per heavy atom. The summed E-state index contributed by atoms with van der Waals surface area (Å²) in [6, 6.07) is 8.10. The Balaban J connectivity index is 0.000000647. The number of aliphatic hydroxyl groups is 1. The fraction of sp³-hybridized carbons (Fsp3) is 0.412. The van der Waals surface area contributed by atoms with E-state index >= 15 is 0 Å². The largest absolute Gasteiger partial charge is 0.483 e. The van der Waals surface area contributed by atoms with Crippen molar-refractivity contribution < 1.29 is 19.7 Å². The number of hydrogen-bond acceptors (Lipinski definition) is 5. The third kappa shape index (κ3) is 4.64. The van der Waals surface area contributed by atoms with Gasteiger partial charge < -0.3 is 19.5 Å². The molecule has 0 fully saturated rings. The summed E-state index contributed by atoms with van der Waals surface area (Å²) in [6.07, 6.45) is 3.37. The second-order valence-corrected chi connectivity index (χ2v) is 5.52. The Hall–Kier alpha value is -2.22. The van der Waals surface area contributed by atoms with Gasteiger partial charge in [0.25, 0.3) is 6.47 Å². The van der Waals surface area contributed by atoms with Crippen LogP contribution in [0.2, 0.25) is 0 Å². The van der Waals surface area contributed by atoms with Crippen LogP contribution in [0.3, 0.4) is 0 Å². The summed E-state index contributed by atoms with van der Waals surface area (Å²) >= 11 is 0. The number of carboxylic acid groups (broad SMARTS) is 1. The van der Waals surface area contributed by atoms with Crippen LogP contribution in [0.15, 0.2) is 36.7 Å². The van der Waals surface area contributed by atoms with Crippen molar-refractivity contribution in [3.05, 3.63) is 53.6 Å². The van der Waals surface area contributed by atoms with Crippen LogP contribution >= 0.6 is 0 Å². The number of benzene rings is 1. The molecular formula is C17H23N3O4. The van der Waals surface area contributed by atoms with E-state index < -0.39 is 6.10 Å². The molecule has 0 bridgehead atoms. The number of aromatic nitrogens is 2. The summed E-state index contributed by atoms with van der Waals surface area (Å²) in [5.74, 6) is 1.01. The van der Waals surface area contributed by atoms with E-state index in [9.17, 15) is 5.11 Å². The van der Waals surface area contributed by atoms with Crippen molar-refractivity contribution in [2.75, 3.05) is 20.3 Å². The molecule has 1 aliphatic rings. The number of aliphatic hydroxyl groups excluding tert-OH is 1. The van der Waals surface area contributed by atoms with Gasteiger partial charge in [-0.1, -0.05) is 24.3 Å². The van der Waals surface area contributed by atoms with Crippen molar-refractivity contribution in [2.24, 2.45) is 0 Å². The highest BCUT2D eigenvalue weighted by molar-refractivity contribution is 5.32. The summed E-state index contributed by atoms with van der Waals surface area (Å²) in [4.78, 5) is 15.0. The Morgan fingerprint density at radius 3 is 2.92 bits per heavy atom. The smallest absolute Gasteiger partial charge is 0.290 e. The van der Waals surface area contributed by atoms with E-state index in [0.29, 0.717) is 13.2 Å². The van der Waals surface area contributed by atoms with Gasteiger partial charge in [0.2, 0.25) is 0 Å². The Bertz CT molecular complexity index is 644.